The highest BCUT2D eigenvalue weighted by molar-refractivity contribution is 7.99. The van der Waals surface area contributed by atoms with E-state index in [9.17, 15) is 4.79 Å². The first-order valence-electron chi connectivity index (χ1n) is 4.81. The van der Waals surface area contributed by atoms with Gasteiger partial charge in [0.1, 0.15) is 6.61 Å². The van der Waals surface area contributed by atoms with Crippen molar-refractivity contribution in [2.75, 3.05) is 12.4 Å². The molecule has 1 aromatic carbocycles. The minimum atomic E-state index is -0.209. The molecule has 0 spiro atoms. The number of hydrogen-bond donors (Lipinski definition) is 0. The van der Waals surface area contributed by atoms with Gasteiger partial charge in [0.15, 0.2) is 0 Å². The van der Waals surface area contributed by atoms with Gasteiger partial charge in [-0.3, -0.25) is 4.79 Å². The number of hydrogen-bond acceptors (Lipinski definition) is 3. The van der Waals surface area contributed by atoms with Crippen LogP contribution in [0.3, 0.4) is 0 Å². The first-order chi connectivity index (χ1) is 7.72. The first-order valence-corrected chi connectivity index (χ1v) is 6.34. The van der Waals surface area contributed by atoms with Crippen molar-refractivity contribution in [1.82, 2.24) is 0 Å². The van der Waals surface area contributed by atoms with Gasteiger partial charge in [0.25, 0.3) is 0 Å². The van der Waals surface area contributed by atoms with Crippen molar-refractivity contribution in [2.45, 2.75) is 5.75 Å². The van der Waals surface area contributed by atoms with Crippen LogP contribution in [0.1, 0.15) is 5.56 Å². The summed E-state index contributed by atoms with van der Waals surface area (Å²) in [5.74, 6) is 0.926. The zero-order valence-corrected chi connectivity index (χ0v) is 10.4. The molecule has 16 heavy (non-hydrogen) atoms. The fraction of sp³-hybridized carbons (Fsp3) is 0.250. The quantitative estimate of drug-likeness (QED) is 0.577. The number of halogens is 1. The second-order valence-corrected chi connectivity index (χ2v) is 4.51. The maximum Gasteiger partial charge on any atom is 0.316 e. The van der Waals surface area contributed by atoms with Gasteiger partial charge in [-0.2, -0.15) is 0 Å². The van der Waals surface area contributed by atoms with Gasteiger partial charge in [-0.05, 0) is 17.7 Å². The Morgan fingerprint density at radius 3 is 2.75 bits per heavy atom. The van der Waals surface area contributed by atoms with E-state index >= 15 is 0 Å². The van der Waals surface area contributed by atoms with Crippen molar-refractivity contribution < 1.29 is 9.53 Å². The summed E-state index contributed by atoms with van der Waals surface area (Å²) in [6.07, 6.45) is 1.56. The van der Waals surface area contributed by atoms with E-state index in [1.807, 2.05) is 24.3 Å². The van der Waals surface area contributed by atoms with E-state index in [1.165, 1.54) is 11.8 Å². The standard InChI is InChI=1S/C12H13ClO2S/c1-2-7-15-12(14)9-16-8-10-3-5-11(13)6-4-10/h2-6H,1,7-9H2. The van der Waals surface area contributed by atoms with Crippen molar-refractivity contribution >= 4 is 29.3 Å². The third kappa shape index (κ3) is 5.24. The third-order valence-electron chi connectivity index (χ3n) is 1.76. The van der Waals surface area contributed by atoms with E-state index < -0.39 is 0 Å². The summed E-state index contributed by atoms with van der Waals surface area (Å²) in [5.41, 5.74) is 1.14. The zero-order chi connectivity index (χ0) is 11.8. The van der Waals surface area contributed by atoms with Crippen LogP contribution in [0.4, 0.5) is 0 Å². The second-order valence-electron chi connectivity index (χ2n) is 3.09. The van der Waals surface area contributed by atoms with Crippen LogP contribution >= 0.6 is 23.4 Å². The Bertz CT molecular complexity index is 349. The molecular formula is C12H13ClO2S. The Morgan fingerprint density at radius 2 is 2.12 bits per heavy atom. The number of rotatable bonds is 6. The van der Waals surface area contributed by atoms with Crippen LogP contribution < -0.4 is 0 Å². The van der Waals surface area contributed by atoms with Gasteiger partial charge in [0.2, 0.25) is 0 Å². The zero-order valence-electron chi connectivity index (χ0n) is 8.82. The molecule has 0 atom stereocenters. The molecule has 0 aromatic heterocycles. The maximum atomic E-state index is 11.1. The molecule has 0 aliphatic carbocycles. The summed E-state index contributed by atoms with van der Waals surface area (Å²) in [5, 5.41) is 0.721. The van der Waals surface area contributed by atoms with E-state index in [0.29, 0.717) is 5.75 Å². The molecule has 2 nitrogen and oxygen atoms in total. The number of benzene rings is 1. The van der Waals surface area contributed by atoms with Crippen molar-refractivity contribution in [1.29, 1.82) is 0 Å². The highest BCUT2D eigenvalue weighted by Crippen LogP contribution is 2.15. The minimum Gasteiger partial charge on any atom is -0.461 e. The Hall–Kier alpha value is -0.930. The summed E-state index contributed by atoms with van der Waals surface area (Å²) in [4.78, 5) is 11.1. The lowest BCUT2D eigenvalue weighted by atomic mass is 10.2. The molecule has 0 amide bonds. The predicted octanol–water partition coefficient (Wildman–Crippen LogP) is 3.30. The van der Waals surface area contributed by atoms with Crippen molar-refractivity contribution in [3.05, 3.63) is 47.5 Å². The highest BCUT2D eigenvalue weighted by atomic mass is 35.5. The smallest absolute Gasteiger partial charge is 0.316 e. The van der Waals surface area contributed by atoms with Crippen LogP contribution in [0, 0.1) is 0 Å². The lowest BCUT2D eigenvalue weighted by molar-refractivity contribution is -0.139. The minimum absolute atomic E-state index is 0.209. The highest BCUT2D eigenvalue weighted by Gasteiger charge is 2.02. The number of thioether (sulfide) groups is 1. The summed E-state index contributed by atoms with van der Waals surface area (Å²) >= 11 is 7.28. The monoisotopic (exact) mass is 256 g/mol. The van der Waals surface area contributed by atoms with Gasteiger partial charge in [-0.25, -0.2) is 0 Å². The molecule has 0 heterocycles. The lowest BCUT2D eigenvalue weighted by Gasteiger charge is -2.02. The largest absolute Gasteiger partial charge is 0.461 e. The maximum absolute atomic E-state index is 11.1. The average Bonchev–Trinajstić information content (AvgIpc) is 2.29. The second kappa shape index (κ2) is 7.36. The summed E-state index contributed by atoms with van der Waals surface area (Å²) in [6, 6.07) is 7.58. The number of carbonyl (C=O) groups excluding carboxylic acids is 1. The molecule has 0 radical (unpaired) electrons. The van der Waals surface area contributed by atoms with Gasteiger partial charge >= 0.3 is 5.97 Å². The molecule has 86 valence electrons. The molecule has 0 aliphatic heterocycles. The van der Waals surface area contributed by atoms with Gasteiger partial charge in [-0.15, -0.1) is 11.8 Å². The van der Waals surface area contributed by atoms with E-state index in [-0.39, 0.29) is 12.6 Å². The van der Waals surface area contributed by atoms with Crippen LogP contribution in [0.25, 0.3) is 0 Å². The molecule has 0 N–H and O–H groups in total. The molecule has 0 fully saturated rings. The van der Waals surface area contributed by atoms with Crippen LogP contribution in [0.5, 0.6) is 0 Å². The molecule has 0 bridgehead atoms. The molecule has 4 heteroatoms. The Morgan fingerprint density at radius 1 is 1.44 bits per heavy atom. The van der Waals surface area contributed by atoms with Gasteiger partial charge in [0, 0.05) is 10.8 Å². The van der Waals surface area contributed by atoms with Crippen molar-refractivity contribution in [2.24, 2.45) is 0 Å². The van der Waals surface area contributed by atoms with Crippen LogP contribution in [-0.2, 0) is 15.3 Å². The first kappa shape index (κ1) is 13.1. The average molecular weight is 257 g/mol. The van der Waals surface area contributed by atoms with Crippen molar-refractivity contribution in [3.8, 4) is 0 Å². The lowest BCUT2D eigenvalue weighted by Crippen LogP contribution is -2.07. The molecular weight excluding hydrogens is 244 g/mol. The molecule has 0 unspecified atom stereocenters. The van der Waals surface area contributed by atoms with Gasteiger partial charge in [0.05, 0.1) is 5.75 Å². The van der Waals surface area contributed by atoms with Crippen LogP contribution in [0.15, 0.2) is 36.9 Å². The van der Waals surface area contributed by atoms with Crippen molar-refractivity contribution in [3.63, 3.8) is 0 Å². The molecule has 1 aromatic rings. The third-order valence-corrected chi connectivity index (χ3v) is 2.99. The summed E-state index contributed by atoms with van der Waals surface area (Å²) in [7, 11) is 0. The number of ether oxygens (including phenoxy) is 1. The topological polar surface area (TPSA) is 26.3 Å². The Labute approximate surface area is 105 Å². The van der Waals surface area contributed by atoms with E-state index in [0.717, 1.165) is 16.3 Å². The molecule has 0 saturated carbocycles. The fourth-order valence-electron chi connectivity index (χ4n) is 1.03. The van der Waals surface area contributed by atoms with Gasteiger partial charge in [-0.1, -0.05) is 36.4 Å². The summed E-state index contributed by atoms with van der Waals surface area (Å²) in [6.45, 7) is 3.75. The summed E-state index contributed by atoms with van der Waals surface area (Å²) < 4.78 is 4.85. The SMILES string of the molecule is C=CCOC(=O)CSCc1ccc(Cl)cc1. The number of carbonyl (C=O) groups is 1. The predicted molar refractivity (Wildman–Crippen MR) is 68.8 cm³/mol. The fourth-order valence-corrected chi connectivity index (χ4v) is 1.93. The van der Waals surface area contributed by atoms with E-state index in [2.05, 4.69) is 6.58 Å². The van der Waals surface area contributed by atoms with E-state index in [4.69, 9.17) is 16.3 Å². The van der Waals surface area contributed by atoms with Crippen LogP contribution in [-0.4, -0.2) is 18.3 Å². The molecule has 0 aliphatic rings. The van der Waals surface area contributed by atoms with Crippen LogP contribution in [0.2, 0.25) is 5.02 Å². The van der Waals surface area contributed by atoms with Gasteiger partial charge < -0.3 is 4.74 Å². The number of esters is 1. The Balaban J connectivity index is 2.22. The van der Waals surface area contributed by atoms with E-state index in [1.54, 1.807) is 6.08 Å². The molecule has 0 saturated heterocycles. The Kier molecular flexibility index (Phi) is 6.04. The molecule has 1 rings (SSSR count). The normalized spacial score (nSPS) is 9.81.